The summed E-state index contributed by atoms with van der Waals surface area (Å²) < 4.78 is 13.8. The summed E-state index contributed by atoms with van der Waals surface area (Å²) in [7, 11) is 0. The molecule has 2 aromatic carbocycles. The van der Waals surface area contributed by atoms with Crippen LogP contribution in [0.4, 0.5) is 4.39 Å². The monoisotopic (exact) mass is 286 g/mol. The average Bonchev–Trinajstić information content (AvgIpc) is 2.36. The quantitative estimate of drug-likeness (QED) is 0.889. The Kier molecular flexibility index (Phi) is 4.48. The van der Waals surface area contributed by atoms with Crippen molar-refractivity contribution in [1.29, 1.82) is 0 Å². The molecule has 0 aliphatic rings. The zero-order valence-corrected chi connectivity index (χ0v) is 13.2. The zero-order valence-electron chi connectivity index (χ0n) is 13.2. The minimum absolute atomic E-state index is 0.255. The largest absolute Gasteiger partial charge is 0.389 e. The number of hydrogen-bond donors (Lipinski definition) is 1. The van der Waals surface area contributed by atoms with Crippen molar-refractivity contribution < 1.29 is 9.50 Å². The highest BCUT2D eigenvalue weighted by molar-refractivity contribution is 5.38. The van der Waals surface area contributed by atoms with Crippen LogP contribution in [0.5, 0.6) is 0 Å². The maximum atomic E-state index is 13.8. The van der Waals surface area contributed by atoms with E-state index in [1.54, 1.807) is 25.1 Å². The number of rotatable bonds is 4. The van der Waals surface area contributed by atoms with Gasteiger partial charge in [-0.05, 0) is 56.0 Å². The molecule has 0 amide bonds. The third-order valence-corrected chi connectivity index (χ3v) is 3.93. The van der Waals surface area contributed by atoms with E-state index in [9.17, 15) is 9.50 Å². The van der Waals surface area contributed by atoms with E-state index in [1.807, 2.05) is 0 Å². The summed E-state index contributed by atoms with van der Waals surface area (Å²) in [5.41, 5.74) is 4.34. The van der Waals surface area contributed by atoms with Crippen molar-refractivity contribution in [1.82, 2.24) is 0 Å². The predicted molar refractivity (Wildman–Crippen MR) is 85.1 cm³/mol. The summed E-state index contributed by atoms with van der Waals surface area (Å²) >= 11 is 0. The molecule has 112 valence electrons. The SMILES string of the molecule is Cc1cc(C)c(CC(C)(O)Cc2ccccc2F)c(C)c1. The smallest absolute Gasteiger partial charge is 0.126 e. The number of halogens is 1. The van der Waals surface area contributed by atoms with Gasteiger partial charge in [-0.25, -0.2) is 4.39 Å². The van der Waals surface area contributed by atoms with Gasteiger partial charge in [0.05, 0.1) is 5.60 Å². The van der Waals surface area contributed by atoms with Crippen LogP contribution in [0.15, 0.2) is 36.4 Å². The molecular weight excluding hydrogens is 263 g/mol. The number of benzene rings is 2. The number of aliphatic hydroxyl groups is 1. The highest BCUT2D eigenvalue weighted by Gasteiger charge is 2.24. The standard InChI is InChI=1S/C19H23FO/c1-13-9-14(2)17(15(3)10-13)12-19(4,21)11-16-7-5-6-8-18(16)20/h5-10,21H,11-12H2,1-4H3. The summed E-state index contributed by atoms with van der Waals surface area (Å²) in [6.07, 6.45) is 0.839. The van der Waals surface area contributed by atoms with Crippen LogP contribution < -0.4 is 0 Å². The molecule has 0 aromatic heterocycles. The van der Waals surface area contributed by atoms with Crippen LogP contribution in [0.2, 0.25) is 0 Å². The topological polar surface area (TPSA) is 20.2 Å². The first-order chi connectivity index (χ1) is 9.78. The Bertz CT molecular complexity index is 621. The molecule has 0 saturated heterocycles. The Morgan fingerprint density at radius 3 is 2.14 bits per heavy atom. The van der Waals surface area contributed by atoms with E-state index in [-0.39, 0.29) is 5.82 Å². The Morgan fingerprint density at radius 2 is 1.57 bits per heavy atom. The van der Waals surface area contributed by atoms with Gasteiger partial charge in [0.2, 0.25) is 0 Å². The molecule has 1 nitrogen and oxygen atoms in total. The predicted octanol–water partition coefficient (Wildman–Crippen LogP) is 4.29. The molecule has 1 unspecified atom stereocenters. The lowest BCUT2D eigenvalue weighted by atomic mass is 9.85. The third kappa shape index (κ3) is 3.92. The van der Waals surface area contributed by atoms with Crippen molar-refractivity contribution in [2.45, 2.75) is 46.1 Å². The van der Waals surface area contributed by atoms with Crippen molar-refractivity contribution >= 4 is 0 Å². The lowest BCUT2D eigenvalue weighted by Crippen LogP contribution is -2.31. The van der Waals surface area contributed by atoms with Crippen molar-refractivity contribution in [3.63, 3.8) is 0 Å². The Hall–Kier alpha value is -1.67. The summed E-state index contributed by atoms with van der Waals surface area (Å²) in [4.78, 5) is 0. The van der Waals surface area contributed by atoms with Crippen LogP contribution in [0.3, 0.4) is 0 Å². The summed E-state index contributed by atoms with van der Waals surface area (Å²) in [5, 5.41) is 10.7. The van der Waals surface area contributed by atoms with Gasteiger partial charge in [-0.15, -0.1) is 0 Å². The third-order valence-electron chi connectivity index (χ3n) is 3.93. The molecule has 2 rings (SSSR count). The highest BCUT2D eigenvalue weighted by Crippen LogP contribution is 2.25. The fourth-order valence-electron chi connectivity index (χ4n) is 2.98. The Balaban J connectivity index is 2.24. The molecule has 0 saturated carbocycles. The van der Waals surface area contributed by atoms with Gasteiger partial charge in [0.15, 0.2) is 0 Å². The van der Waals surface area contributed by atoms with Gasteiger partial charge in [0.25, 0.3) is 0 Å². The van der Waals surface area contributed by atoms with Crippen LogP contribution in [-0.2, 0) is 12.8 Å². The lowest BCUT2D eigenvalue weighted by Gasteiger charge is -2.26. The molecule has 0 aliphatic heterocycles. The van der Waals surface area contributed by atoms with Gasteiger partial charge in [-0.3, -0.25) is 0 Å². The van der Waals surface area contributed by atoms with Crippen molar-refractivity contribution in [3.8, 4) is 0 Å². The molecule has 21 heavy (non-hydrogen) atoms. The molecule has 0 spiro atoms. The van der Waals surface area contributed by atoms with E-state index in [4.69, 9.17) is 0 Å². The van der Waals surface area contributed by atoms with Crippen LogP contribution in [-0.4, -0.2) is 10.7 Å². The molecule has 0 heterocycles. The first-order valence-corrected chi connectivity index (χ1v) is 7.31. The van der Waals surface area contributed by atoms with Gasteiger partial charge < -0.3 is 5.11 Å². The van der Waals surface area contributed by atoms with E-state index in [0.717, 1.165) is 5.56 Å². The summed E-state index contributed by atoms with van der Waals surface area (Å²) in [6.45, 7) is 7.97. The average molecular weight is 286 g/mol. The summed E-state index contributed by atoms with van der Waals surface area (Å²) in [5.74, 6) is -0.255. The second-order valence-corrected chi connectivity index (χ2v) is 6.32. The van der Waals surface area contributed by atoms with E-state index < -0.39 is 5.60 Å². The fourth-order valence-corrected chi connectivity index (χ4v) is 2.98. The molecule has 0 radical (unpaired) electrons. The minimum Gasteiger partial charge on any atom is -0.389 e. The first kappa shape index (κ1) is 15.7. The van der Waals surface area contributed by atoms with E-state index in [2.05, 4.69) is 32.9 Å². The van der Waals surface area contributed by atoms with Crippen molar-refractivity contribution in [3.05, 3.63) is 70.0 Å². The van der Waals surface area contributed by atoms with Crippen LogP contribution in [0.1, 0.15) is 34.7 Å². The molecular formula is C19H23FO. The van der Waals surface area contributed by atoms with E-state index in [0.29, 0.717) is 18.4 Å². The Labute approximate surface area is 126 Å². The molecule has 2 aromatic rings. The van der Waals surface area contributed by atoms with Gasteiger partial charge in [-0.2, -0.15) is 0 Å². The fraction of sp³-hybridized carbons (Fsp3) is 0.368. The maximum Gasteiger partial charge on any atom is 0.126 e. The van der Waals surface area contributed by atoms with Crippen molar-refractivity contribution in [2.24, 2.45) is 0 Å². The van der Waals surface area contributed by atoms with Gasteiger partial charge >= 0.3 is 0 Å². The second kappa shape index (κ2) is 5.98. The number of hydrogen-bond acceptors (Lipinski definition) is 1. The second-order valence-electron chi connectivity index (χ2n) is 6.32. The minimum atomic E-state index is -0.965. The van der Waals surface area contributed by atoms with Crippen LogP contribution in [0, 0.1) is 26.6 Å². The number of aryl methyl sites for hydroxylation is 3. The maximum absolute atomic E-state index is 13.8. The van der Waals surface area contributed by atoms with Crippen molar-refractivity contribution in [2.75, 3.05) is 0 Å². The van der Waals surface area contributed by atoms with Gasteiger partial charge in [0, 0.05) is 12.8 Å². The zero-order chi connectivity index (χ0) is 15.6. The lowest BCUT2D eigenvalue weighted by molar-refractivity contribution is 0.0596. The van der Waals surface area contributed by atoms with E-state index in [1.165, 1.54) is 22.8 Å². The van der Waals surface area contributed by atoms with E-state index >= 15 is 0 Å². The molecule has 1 N–H and O–H groups in total. The normalized spacial score (nSPS) is 14.0. The first-order valence-electron chi connectivity index (χ1n) is 7.31. The van der Waals surface area contributed by atoms with Crippen LogP contribution in [0.25, 0.3) is 0 Å². The highest BCUT2D eigenvalue weighted by atomic mass is 19.1. The van der Waals surface area contributed by atoms with Gasteiger partial charge in [-0.1, -0.05) is 35.9 Å². The van der Waals surface area contributed by atoms with Crippen LogP contribution >= 0.6 is 0 Å². The Morgan fingerprint density at radius 1 is 1.00 bits per heavy atom. The molecule has 2 heteroatoms. The van der Waals surface area contributed by atoms with Gasteiger partial charge in [0.1, 0.15) is 5.82 Å². The molecule has 0 fully saturated rings. The molecule has 0 bridgehead atoms. The molecule has 1 atom stereocenters. The molecule has 0 aliphatic carbocycles. The summed E-state index contributed by atoms with van der Waals surface area (Å²) in [6, 6.07) is 10.9.